The highest BCUT2D eigenvalue weighted by Gasteiger charge is 2.22. The number of hydrogen-bond donors (Lipinski definition) is 3. The summed E-state index contributed by atoms with van der Waals surface area (Å²) in [4.78, 5) is 22.3. The topological polar surface area (TPSA) is 78.4 Å². The molecule has 0 aliphatic heterocycles. The molecule has 5 nitrogen and oxygen atoms in total. The summed E-state index contributed by atoms with van der Waals surface area (Å²) >= 11 is 0. The molecule has 2 rings (SSSR count). The fraction of sp³-hybridized carbons (Fsp3) is 0.385. The van der Waals surface area contributed by atoms with Crippen LogP contribution in [-0.2, 0) is 4.79 Å². The lowest BCUT2D eigenvalue weighted by atomic mass is 10.1. The van der Waals surface area contributed by atoms with E-state index in [-0.39, 0.29) is 18.0 Å². The minimum absolute atomic E-state index is 0.0285. The van der Waals surface area contributed by atoms with E-state index in [2.05, 4.69) is 10.6 Å². The van der Waals surface area contributed by atoms with Crippen molar-refractivity contribution in [1.29, 1.82) is 0 Å². The average Bonchev–Trinajstić information content (AvgIpc) is 3.11. The Morgan fingerprint density at radius 1 is 1.39 bits per heavy atom. The van der Waals surface area contributed by atoms with Gasteiger partial charge in [-0.1, -0.05) is 0 Å². The normalized spacial score (nSPS) is 14.1. The molecule has 1 aliphatic rings. The Kier molecular flexibility index (Phi) is 3.50. The van der Waals surface area contributed by atoms with Crippen molar-refractivity contribution in [3.8, 4) is 0 Å². The molecule has 0 unspecified atom stereocenters. The van der Waals surface area contributed by atoms with Crippen molar-refractivity contribution < 1.29 is 14.7 Å². The van der Waals surface area contributed by atoms with Gasteiger partial charge in [-0.2, -0.15) is 0 Å². The molecule has 96 valence electrons. The van der Waals surface area contributed by atoms with Gasteiger partial charge in [0.05, 0.1) is 12.1 Å². The molecule has 0 radical (unpaired) electrons. The van der Waals surface area contributed by atoms with Gasteiger partial charge in [-0.05, 0) is 43.5 Å². The maximum atomic E-state index is 11.5. The van der Waals surface area contributed by atoms with Crippen LogP contribution in [0.15, 0.2) is 18.2 Å². The molecule has 1 amide bonds. The third kappa shape index (κ3) is 3.23. The fourth-order valence-corrected chi connectivity index (χ4v) is 1.68. The van der Waals surface area contributed by atoms with Gasteiger partial charge in [0.15, 0.2) is 0 Å². The molecule has 0 atom stereocenters. The van der Waals surface area contributed by atoms with E-state index in [0.29, 0.717) is 6.04 Å². The van der Waals surface area contributed by atoms with Crippen LogP contribution in [0.5, 0.6) is 0 Å². The van der Waals surface area contributed by atoms with Crippen molar-refractivity contribution in [2.24, 2.45) is 0 Å². The molecule has 0 spiro atoms. The summed E-state index contributed by atoms with van der Waals surface area (Å²) < 4.78 is 0. The van der Waals surface area contributed by atoms with Crippen LogP contribution in [0.4, 0.5) is 5.69 Å². The predicted molar refractivity (Wildman–Crippen MR) is 67.8 cm³/mol. The van der Waals surface area contributed by atoms with E-state index in [1.807, 2.05) is 6.92 Å². The lowest BCUT2D eigenvalue weighted by molar-refractivity contribution is -0.119. The lowest BCUT2D eigenvalue weighted by Crippen LogP contribution is -2.31. The molecule has 3 N–H and O–H groups in total. The van der Waals surface area contributed by atoms with Crippen molar-refractivity contribution in [2.45, 2.75) is 25.8 Å². The number of anilines is 1. The van der Waals surface area contributed by atoms with Crippen LogP contribution in [0.1, 0.15) is 28.8 Å². The van der Waals surface area contributed by atoms with Gasteiger partial charge in [-0.3, -0.25) is 4.79 Å². The quantitative estimate of drug-likeness (QED) is 0.735. The minimum atomic E-state index is -0.948. The molecular formula is C13H16N2O3. The first-order valence-corrected chi connectivity index (χ1v) is 5.93. The highest BCUT2D eigenvalue weighted by molar-refractivity contribution is 5.89. The molecule has 1 aromatic rings. The average molecular weight is 248 g/mol. The second-order valence-corrected chi connectivity index (χ2v) is 4.53. The molecule has 1 saturated carbocycles. The van der Waals surface area contributed by atoms with Crippen molar-refractivity contribution in [1.82, 2.24) is 5.32 Å². The smallest absolute Gasteiger partial charge is 0.335 e. The molecule has 5 heteroatoms. The maximum Gasteiger partial charge on any atom is 0.335 e. The molecule has 0 bridgehead atoms. The molecule has 18 heavy (non-hydrogen) atoms. The van der Waals surface area contributed by atoms with Crippen molar-refractivity contribution >= 4 is 17.6 Å². The first-order chi connectivity index (χ1) is 8.56. The number of carbonyl (C=O) groups excluding carboxylic acids is 1. The van der Waals surface area contributed by atoms with E-state index in [0.717, 1.165) is 24.1 Å². The Hall–Kier alpha value is -2.04. The zero-order valence-electron chi connectivity index (χ0n) is 10.2. The fourth-order valence-electron chi connectivity index (χ4n) is 1.68. The van der Waals surface area contributed by atoms with Crippen LogP contribution in [0, 0.1) is 6.92 Å². The summed E-state index contributed by atoms with van der Waals surface area (Å²) in [7, 11) is 0. The second-order valence-electron chi connectivity index (χ2n) is 4.53. The summed E-state index contributed by atoms with van der Waals surface area (Å²) in [6, 6.07) is 5.15. The lowest BCUT2D eigenvalue weighted by Gasteiger charge is -2.10. The molecule has 1 aliphatic carbocycles. The number of carboxylic acid groups (broad SMARTS) is 1. The molecule has 1 fully saturated rings. The van der Waals surface area contributed by atoms with Crippen molar-refractivity contribution in [3.05, 3.63) is 29.3 Å². The zero-order chi connectivity index (χ0) is 13.1. The highest BCUT2D eigenvalue weighted by Crippen LogP contribution is 2.19. The number of carboxylic acids is 1. The summed E-state index contributed by atoms with van der Waals surface area (Å²) in [6.45, 7) is 2.03. The Morgan fingerprint density at radius 2 is 2.11 bits per heavy atom. The van der Waals surface area contributed by atoms with Crippen LogP contribution >= 0.6 is 0 Å². The number of benzene rings is 1. The molecule has 0 saturated heterocycles. The number of carbonyl (C=O) groups is 2. The third-order valence-electron chi connectivity index (χ3n) is 2.86. The Morgan fingerprint density at radius 3 is 2.67 bits per heavy atom. The van der Waals surface area contributed by atoms with E-state index in [4.69, 9.17) is 5.11 Å². The number of aromatic carboxylic acids is 1. The van der Waals surface area contributed by atoms with Crippen LogP contribution < -0.4 is 10.6 Å². The highest BCUT2D eigenvalue weighted by atomic mass is 16.4. The van der Waals surface area contributed by atoms with Gasteiger partial charge in [0.1, 0.15) is 0 Å². The van der Waals surface area contributed by atoms with Gasteiger partial charge >= 0.3 is 5.97 Å². The summed E-state index contributed by atoms with van der Waals surface area (Å²) in [5.41, 5.74) is 1.85. The largest absolute Gasteiger partial charge is 0.478 e. The van der Waals surface area contributed by atoms with E-state index in [1.165, 1.54) is 6.07 Å². The number of hydrogen-bond acceptors (Lipinski definition) is 3. The predicted octanol–water partition coefficient (Wildman–Crippen LogP) is 1.38. The number of amides is 1. The van der Waals surface area contributed by atoms with E-state index in [1.54, 1.807) is 12.1 Å². The van der Waals surface area contributed by atoms with E-state index in [9.17, 15) is 9.59 Å². The zero-order valence-corrected chi connectivity index (χ0v) is 10.2. The SMILES string of the molecule is Cc1cc(C(=O)O)ccc1NCC(=O)NC1CC1. The van der Waals surface area contributed by atoms with E-state index >= 15 is 0 Å². The third-order valence-corrected chi connectivity index (χ3v) is 2.86. The maximum absolute atomic E-state index is 11.5. The number of rotatable bonds is 5. The van der Waals surface area contributed by atoms with Gasteiger partial charge in [0, 0.05) is 11.7 Å². The van der Waals surface area contributed by atoms with Crippen molar-refractivity contribution in [2.75, 3.05) is 11.9 Å². The summed E-state index contributed by atoms with van der Waals surface area (Å²) in [5.74, 6) is -0.977. The van der Waals surface area contributed by atoms with Crippen LogP contribution in [0.2, 0.25) is 0 Å². The molecule has 0 aromatic heterocycles. The monoisotopic (exact) mass is 248 g/mol. The van der Waals surface area contributed by atoms with Gasteiger partial charge in [-0.15, -0.1) is 0 Å². The van der Waals surface area contributed by atoms with Gasteiger partial charge < -0.3 is 15.7 Å². The minimum Gasteiger partial charge on any atom is -0.478 e. The van der Waals surface area contributed by atoms with Crippen LogP contribution in [0.25, 0.3) is 0 Å². The van der Waals surface area contributed by atoms with Crippen LogP contribution in [0.3, 0.4) is 0 Å². The Labute approximate surface area is 105 Å². The second kappa shape index (κ2) is 5.08. The Bertz CT molecular complexity index is 481. The van der Waals surface area contributed by atoms with Gasteiger partial charge in [0.2, 0.25) is 5.91 Å². The van der Waals surface area contributed by atoms with Gasteiger partial charge in [0.25, 0.3) is 0 Å². The summed E-state index contributed by atoms with van der Waals surface area (Å²) in [5, 5.41) is 14.7. The van der Waals surface area contributed by atoms with E-state index < -0.39 is 5.97 Å². The molecular weight excluding hydrogens is 232 g/mol. The van der Waals surface area contributed by atoms with Crippen molar-refractivity contribution in [3.63, 3.8) is 0 Å². The van der Waals surface area contributed by atoms with Crippen LogP contribution in [-0.4, -0.2) is 29.6 Å². The van der Waals surface area contributed by atoms with Gasteiger partial charge in [-0.25, -0.2) is 4.79 Å². The summed E-state index contributed by atoms with van der Waals surface area (Å²) in [6.07, 6.45) is 2.14. The first-order valence-electron chi connectivity index (χ1n) is 5.93. The number of aryl methyl sites for hydroxylation is 1. The molecule has 1 aromatic carbocycles. The standard InChI is InChI=1S/C13H16N2O3/c1-8-6-9(13(17)18)2-5-11(8)14-7-12(16)15-10-3-4-10/h2,5-6,10,14H,3-4,7H2,1H3,(H,15,16)(H,17,18). The Balaban J connectivity index is 1.92. The first kappa shape index (κ1) is 12.4. The number of nitrogens with one attached hydrogen (secondary N) is 2. The molecule has 0 heterocycles.